The molecule has 5 aromatic rings. The predicted octanol–water partition coefficient (Wildman–Crippen LogP) is 7.15. The van der Waals surface area contributed by atoms with Crippen molar-refractivity contribution in [2.75, 3.05) is 12.4 Å². The van der Waals surface area contributed by atoms with Gasteiger partial charge in [-0.05, 0) is 36.2 Å². The third-order valence-electron chi connectivity index (χ3n) is 5.55. The van der Waals surface area contributed by atoms with E-state index in [9.17, 15) is 4.79 Å². The minimum absolute atomic E-state index is 0.113. The second-order valence-electron chi connectivity index (χ2n) is 7.91. The van der Waals surface area contributed by atoms with E-state index in [1.54, 1.807) is 7.11 Å². The predicted molar refractivity (Wildman–Crippen MR) is 145 cm³/mol. The van der Waals surface area contributed by atoms with Crippen molar-refractivity contribution in [3.05, 3.63) is 90.3 Å². The lowest BCUT2D eigenvalue weighted by Crippen LogP contribution is -2.22. The number of carbonyl (C=O) groups is 1. The average molecular weight is 498 g/mol. The number of hydrogen-bond acceptors (Lipinski definition) is 6. The zero-order chi connectivity index (χ0) is 24.2. The van der Waals surface area contributed by atoms with Crippen LogP contribution in [0.3, 0.4) is 0 Å². The van der Waals surface area contributed by atoms with Gasteiger partial charge in [0.25, 0.3) is 0 Å². The van der Waals surface area contributed by atoms with Crippen molar-refractivity contribution in [3.63, 3.8) is 0 Å². The zero-order valence-electron chi connectivity index (χ0n) is 19.3. The standard InChI is InChI=1S/C28H23N3O2S2/c1-18(27(32)31-28-30-25(17-34-28)20-11-7-4-8-12-20)35-26-16-23(19-9-5-3-6-10-19)22-14-13-21(33-2)15-24(22)29-26/h3-18H,1-2H3,(H,30,31,32)/t18-/m1/s1. The summed E-state index contributed by atoms with van der Waals surface area (Å²) in [7, 11) is 1.64. The number of aromatic nitrogens is 2. The van der Waals surface area contributed by atoms with Crippen molar-refractivity contribution in [1.82, 2.24) is 9.97 Å². The van der Waals surface area contributed by atoms with E-state index in [1.807, 2.05) is 79.0 Å². The molecule has 3 aromatic carbocycles. The molecule has 7 heteroatoms. The van der Waals surface area contributed by atoms with Crippen molar-refractivity contribution in [1.29, 1.82) is 0 Å². The molecule has 5 rings (SSSR count). The van der Waals surface area contributed by atoms with Gasteiger partial charge in [-0.2, -0.15) is 0 Å². The summed E-state index contributed by atoms with van der Waals surface area (Å²) < 4.78 is 5.41. The van der Waals surface area contributed by atoms with Crippen molar-refractivity contribution in [2.24, 2.45) is 0 Å². The molecule has 2 aromatic heterocycles. The number of hydrogen-bond donors (Lipinski definition) is 1. The second kappa shape index (κ2) is 10.3. The highest BCUT2D eigenvalue weighted by molar-refractivity contribution is 8.00. The normalized spacial score (nSPS) is 11.8. The molecule has 1 atom stereocenters. The molecule has 1 N–H and O–H groups in total. The van der Waals surface area contributed by atoms with E-state index in [4.69, 9.17) is 9.72 Å². The van der Waals surface area contributed by atoms with Gasteiger partial charge in [-0.3, -0.25) is 4.79 Å². The number of amides is 1. The number of anilines is 1. The van der Waals surface area contributed by atoms with Gasteiger partial charge in [0.1, 0.15) is 5.75 Å². The topological polar surface area (TPSA) is 64.1 Å². The van der Waals surface area contributed by atoms with Gasteiger partial charge in [0.2, 0.25) is 5.91 Å². The van der Waals surface area contributed by atoms with Gasteiger partial charge in [-0.1, -0.05) is 72.4 Å². The molecule has 0 fully saturated rings. The summed E-state index contributed by atoms with van der Waals surface area (Å²) in [6.07, 6.45) is 0. The van der Waals surface area contributed by atoms with Gasteiger partial charge in [0.15, 0.2) is 5.13 Å². The van der Waals surface area contributed by atoms with E-state index < -0.39 is 0 Å². The Bertz CT molecular complexity index is 1470. The third-order valence-corrected chi connectivity index (χ3v) is 7.32. The van der Waals surface area contributed by atoms with Gasteiger partial charge in [-0.15, -0.1) is 11.3 Å². The van der Waals surface area contributed by atoms with Crippen LogP contribution in [0.2, 0.25) is 0 Å². The molecule has 0 aliphatic carbocycles. The Labute approximate surface area is 212 Å². The number of methoxy groups -OCH3 is 1. The van der Waals surface area contributed by atoms with Crippen molar-refractivity contribution < 1.29 is 9.53 Å². The van der Waals surface area contributed by atoms with Crippen LogP contribution >= 0.6 is 23.1 Å². The highest BCUT2D eigenvalue weighted by atomic mass is 32.2. The van der Waals surface area contributed by atoms with Crippen LogP contribution in [-0.2, 0) is 4.79 Å². The maximum absolute atomic E-state index is 13.0. The van der Waals surface area contributed by atoms with Crippen LogP contribution in [0, 0.1) is 0 Å². The molecule has 0 spiro atoms. The monoisotopic (exact) mass is 497 g/mol. The molecular weight excluding hydrogens is 474 g/mol. The summed E-state index contributed by atoms with van der Waals surface area (Å²) >= 11 is 2.84. The van der Waals surface area contributed by atoms with Crippen LogP contribution in [0.4, 0.5) is 5.13 Å². The fourth-order valence-corrected chi connectivity index (χ4v) is 5.33. The van der Waals surface area contributed by atoms with E-state index in [0.717, 1.165) is 44.1 Å². The molecule has 1 amide bonds. The largest absolute Gasteiger partial charge is 0.497 e. The van der Waals surface area contributed by atoms with Crippen molar-refractivity contribution in [3.8, 4) is 28.1 Å². The fourth-order valence-electron chi connectivity index (χ4n) is 3.74. The van der Waals surface area contributed by atoms with Crippen LogP contribution in [-0.4, -0.2) is 28.2 Å². The van der Waals surface area contributed by atoms with Gasteiger partial charge in [-0.25, -0.2) is 9.97 Å². The number of rotatable bonds is 7. The Kier molecular flexibility index (Phi) is 6.79. The molecule has 0 aliphatic rings. The molecule has 0 saturated carbocycles. The highest BCUT2D eigenvalue weighted by Crippen LogP contribution is 2.35. The number of nitrogens with zero attached hydrogens (tertiary/aromatic N) is 2. The van der Waals surface area contributed by atoms with Crippen LogP contribution in [0.1, 0.15) is 6.92 Å². The first-order valence-electron chi connectivity index (χ1n) is 11.1. The Morgan fingerprint density at radius 2 is 1.66 bits per heavy atom. The number of thiazole rings is 1. The third kappa shape index (κ3) is 5.21. The van der Waals surface area contributed by atoms with Crippen molar-refractivity contribution in [2.45, 2.75) is 17.2 Å². The van der Waals surface area contributed by atoms with Crippen LogP contribution in [0.25, 0.3) is 33.3 Å². The Morgan fingerprint density at radius 1 is 0.943 bits per heavy atom. The lowest BCUT2D eigenvalue weighted by molar-refractivity contribution is -0.115. The molecule has 5 nitrogen and oxygen atoms in total. The lowest BCUT2D eigenvalue weighted by atomic mass is 10.0. The first-order valence-corrected chi connectivity index (χ1v) is 12.9. The maximum atomic E-state index is 13.0. The fraction of sp³-hybridized carbons (Fsp3) is 0.107. The number of thioether (sulfide) groups is 1. The van der Waals surface area contributed by atoms with E-state index in [-0.39, 0.29) is 11.2 Å². The van der Waals surface area contributed by atoms with Gasteiger partial charge >= 0.3 is 0 Å². The quantitative estimate of drug-likeness (QED) is 0.242. The van der Waals surface area contributed by atoms with Crippen molar-refractivity contribution >= 4 is 45.0 Å². The Hall–Kier alpha value is -3.68. The summed E-state index contributed by atoms with van der Waals surface area (Å²) in [5, 5.41) is 6.94. The first kappa shape index (κ1) is 23.1. The minimum Gasteiger partial charge on any atom is -0.497 e. The molecule has 0 aliphatic heterocycles. The minimum atomic E-state index is -0.363. The molecular formula is C28H23N3O2S2. The number of benzene rings is 3. The number of fused-ring (bicyclic) bond motifs is 1. The maximum Gasteiger partial charge on any atom is 0.239 e. The SMILES string of the molecule is COc1ccc2c(-c3ccccc3)cc(S[C@H](C)C(=O)Nc3nc(-c4ccccc4)cs3)nc2c1. The van der Waals surface area contributed by atoms with Gasteiger partial charge < -0.3 is 10.1 Å². The molecule has 35 heavy (non-hydrogen) atoms. The zero-order valence-corrected chi connectivity index (χ0v) is 20.9. The molecule has 2 heterocycles. The van der Waals surface area contributed by atoms with E-state index in [0.29, 0.717) is 5.13 Å². The first-order chi connectivity index (χ1) is 17.1. The van der Waals surface area contributed by atoms with Gasteiger partial charge in [0.05, 0.1) is 28.6 Å². The molecule has 0 radical (unpaired) electrons. The summed E-state index contributed by atoms with van der Waals surface area (Å²) in [6.45, 7) is 1.88. The van der Waals surface area contributed by atoms with Crippen LogP contribution < -0.4 is 10.1 Å². The number of pyridine rings is 1. The number of carbonyl (C=O) groups excluding carboxylic acids is 1. The summed E-state index contributed by atoms with van der Waals surface area (Å²) in [4.78, 5) is 22.4. The van der Waals surface area contributed by atoms with E-state index in [2.05, 4.69) is 28.5 Å². The lowest BCUT2D eigenvalue weighted by Gasteiger charge is -2.14. The summed E-state index contributed by atoms with van der Waals surface area (Å²) in [5.41, 5.74) is 4.87. The number of ether oxygens (including phenoxy) is 1. The molecule has 174 valence electrons. The summed E-state index contributed by atoms with van der Waals surface area (Å²) in [5.74, 6) is 0.632. The smallest absolute Gasteiger partial charge is 0.239 e. The highest BCUT2D eigenvalue weighted by Gasteiger charge is 2.19. The van der Waals surface area contributed by atoms with E-state index >= 15 is 0 Å². The Morgan fingerprint density at radius 3 is 2.37 bits per heavy atom. The average Bonchev–Trinajstić information content (AvgIpc) is 3.37. The van der Waals surface area contributed by atoms with E-state index in [1.165, 1.54) is 23.1 Å². The number of nitrogens with one attached hydrogen (secondary N) is 1. The second-order valence-corrected chi connectivity index (χ2v) is 10.1. The van der Waals surface area contributed by atoms with Crippen LogP contribution in [0.5, 0.6) is 5.75 Å². The molecule has 0 unspecified atom stereocenters. The Balaban J connectivity index is 1.38. The summed E-state index contributed by atoms with van der Waals surface area (Å²) in [6, 6.07) is 28.1. The molecule has 0 saturated heterocycles. The van der Waals surface area contributed by atoms with Crippen LogP contribution in [0.15, 0.2) is 95.3 Å². The van der Waals surface area contributed by atoms with Gasteiger partial charge in [0, 0.05) is 22.4 Å². The molecule has 0 bridgehead atoms.